The van der Waals surface area contributed by atoms with Crippen LogP contribution in [0.25, 0.3) is 0 Å². The molecule has 0 unspecified atom stereocenters. The van der Waals surface area contributed by atoms with Crippen LogP contribution in [0.3, 0.4) is 0 Å². The Kier molecular flexibility index (Phi) is 16.1. The van der Waals surface area contributed by atoms with Gasteiger partial charge >= 0.3 is 0 Å². The average molecular weight is 445 g/mol. The molecule has 4 atom stereocenters. The van der Waals surface area contributed by atoms with Gasteiger partial charge in [-0.1, -0.05) is 84.0 Å². The summed E-state index contributed by atoms with van der Waals surface area (Å²) in [4.78, 5) is 0. The van der Waals surface area contributed by atoms with Gasteiger partial charge in [0.2, 0.25) is 0 Å². The molecule has 0 amide bonds. The van der Waals surface area contributed by atoms with Gasteiger partial charge in [0.1, 0.15) is 0 Å². The smallest absolute Gasteiger partial charge is 0.163 e. The zero-order valence-electron chi connectivity index (χ0n) is 20.7. The summed E-state index contributed by atoms with van der Waals surface area (Å²) in [5.74, 6) is -0.691. The first-order valence-electron chi connectivity index (χ1n) is 13.2. The lowest BCUT2D eigenvalue weighted by Gasteiger charge is -2.41. The van der Waals surface area contributed by atoms with Crippen molar-refractivity contribution in [3.8, 4) is 0 Å². The standard InChI is InChI=1S/C26H52O5/c1-4-5-6-7-8-9-10-11-12-13-14-15-16-22(28)17-18-24-20-25(19-23(29)21-27)31-26(2,3)30-24/h22-25,27-29H,4-21H2,1-3H3/t22-,23-,24-,25+/m0/s1. The SMILES string of the molecule is CCCCCCCCCCCCCC[C@H](O)CC[C@H]1C[C@@H](C[C@H](O)CO)OC(C)(C)O1. The largest absolute Gasteiger partial charge is 0.394 e. The van der Waals surface area contributed by atoms with E-state index in [1.54, 1.807) is 0 Å². The molecule has 186 valence electrons. The normalized spacial score (nSPS) is 23.0. The molecule has 1 aliphatic heterocycles. The van der Waals surface area contributed by atoms with Gasteiger partial charge in [-0.05, 0) is 33.1 Å². The highest BCUT2D eigenvalue weighted by atomic mass is 16.7. The van der Waals surface area contributed by atoms with Gasteiger partial charge in [-0.15, -0.1) is 0 Å². The van der Waals surface area contributed by atoms with E-state index in [4.69, 9.17) is 14.6 Å². The van der Waals surface area contributed by atoms with Gasteiger partial charge in [-0.25, -0.2) is 0 Å². The molecular formula is C26H52O5. The van der Waals surface area contributed by atoms with Gasteiger partial charge in [0.25, 0.3) is 0 Å². The van der Waals surface area contributed by atoms with E-state index in [0.29, 0.717) is 12.8 Å². The summed E-state index contributed by atoms with van der Waals surface area (Å²) in [6, 6.07) is 0. The van der Waals surface area contributed by atoms with Crippen LogP contribution in [0.4, 0.5) is 0 Å². The second kappa shape index (κ2) is 17.3. The van der Waals surface area contributed by atoms with E-state index in [-0.39, 0.29) is 24.9 Å². The molecular weight excluding hydrogens is 392 g/mol. The highest BCUT2D eigenvalue weighted by molar-refractivity contribution is 4.79. The van der Waals surface area contributed by atoms with Crippen molar-refractivity contribution in [2.45, 2.75) is 160 Å². The third-order valence-electron chi connectivity index (χ3n) is 6.39. The van der Waals surface area contributed by atoms with E-state index >= 15 is 0 Å². The fourth-order valence-electron chi connectivity index (χ4n) is 4.66. The summed E-state index contributed by atoms with van der Waals surface area (Å²) in [7, 11) is 0. The topological polar surface area (TPSA) is 79.2 Å². The first-order chi connectivity index (χ1) is 14.9. The molecule has 1 heterocycles. The summed E-state index contributed by atoms with van der Waals surface area (Å²) in [5, 5.41) is 29.2. The number of hydrogen-bond acceptors (Lipinski definition) is 5. The molecule has 5 nitrogen and oxygen atoms in total. The summed E-state index contributed by atoms with van der Waals surface area (Å²) >= 11 is 0. The molecule has 0 spiro atoms. The number of unbranched alkanes of at least 4 members (excludes halogenated alkanes) is 11. The van der Waals surface area contributed by atoms with Crippen LogP contribution < -0.4 is 0 Å². The lowest BCUT2D eigenvalue weighted by molar-refractivity contribution is -0.304. The molecule has 0 aromatic rings. The zero-order chi connectivity index (χ0) is 23.0. The fourth-order valence-corrected chi connectivity index (χ4v) is 4.66. The number of ether oxygens (including phenoxy) is 2. The molecule has 0 radical (unpaired) electrons. The predicted octanol–water partition coefficient (Wildman–Crippen LogP) is 5.87. The van der Waals surface area contributed by atoms with Gasteiger partial charge in [0.15, 0.2) is 5.79 Å². The van der Waals surface area contributed by atoms with E-state index in [9.17, 15) is 10.2 Å². The molecule has 0 bridgehead atoms. The van der Waals surface area contributed by atoms with Crippen molar-refractivity contribution >= 4 is 0 Å². The van der Waals surface area contributed by atoms with Crippen molar-refractivity contribution < 1.29 is 24.8 Å². The van der Waals surface area contributed by atoms with E-state index in [2.05, 4.69) is 6.92 Å². The third kappa shape index (κ3) is 15.3. The van der Waals surface area contributed by atoms with E-state index in [1.165, 1.54) is 70.6 Å². The number of hydrogen-bond donors (Lipinski definition) is 3. The highest BCUT2D eigenvalue weighted by Gasteiger charge is 2.36. The Bertz CT molecular complexity index is 415. The minimum Gasteiger partial charge on any atom is -0.394 e. The molecule has 5 heteroatoms. The minimum absolute atomic E-state index is 0.0243. The van der Waals surface area contributed by atoms with Crippen LogP contribution in [0.5, 0.6) is 0 Å². The van der Waals surface area contributed by atoms with Crippen LogP contribution in [0.15, 0.2) is 0 Å². The van der Waals surface area contributed by atoms with Crippen LogP contribution in [0.2, 0.25) is 0 Å². The Hall–Kier alpha value is -0.200. The monoisotopic (exact) mass is 444 g/mol. The Morgan fingerprint density at radius 1 is 0.742 bits per heavy atom. The minimum atomic E-state index is -0.754. The maximum absolute atomic E-state index is 10.4. The van der Waals surface area contributed by atoms with Crippen molar-refractivity contribution in [3.05, 3.63) is 0 Å². The first-order valence-corrected chi connectivity index (χ1v) is 13.2. The van der Waals surface area contributed by atoms with Crippen LogP contribution in [0, 0.1) is 0 Å². The Morgan fingerprint density at radius 3 is 1.81 bits per heavy atom. The Balaban J connectivity index is 2.04. The van der Waals surface area contributed by atoms with Crippen molar-refractivity contribution in [1.29, 1.82) is 0 Å². The number of aliphatic hydroxyl groups excluding tert-OH is 3. The fraction of sp³-hybridized carbons (Fsp3) is 1.00. The van der Waals surface area contributed by atoms with Crippen molar-refractivity contribution in [2.24, 2.45) is 0 Å². The van der Waals surface area contributed by atoms with Gasteiger partial charge in [0, 0.05) is 12.8 Å². The molecule has 0 aliphatic carbocycles. The number of aliphatic hydroxyl groups is 3. The Morgan fingerprint density at radius 2 is 1.26 bits per heavy atom. The summed E-state index contributed by atoms with van der Waals surface area (Å²) in [5.41, 5.74) is 0. The van der Waals surface area contributed by atoms with Crippen molar-refractivity contribution in [3.63, 3.8) is 0 Å². The van der Waals surface area contributed by atoms with Crippen LogP contribution in [-0.2, 0) is 9.47 Å². The second-order valence-corrected chi connectivity index (χ2v) is 10.1. The Labute approximate surface area is 191 Å². The van der Waals surface area contributed by atoms with Crippen LogP contribution in [-0.4, -0.2) is 52.1 Å². The van der Waals surface area contributed by atoms with Gasteiger partial charge < -0.3 is 24.8 Å². The molecule has 0 aromatic carbocycles. The van der Waals surface area contributed by atoms with Crippen molar-refractivity contribution in [1.82, 2.24) is 0 Å². The van der Waals surface area contributed by atoms with E-state index in [0.717, 1.165) is 25.7 Å². The van der Waals surface area contributed by atoms with Crippen LogP contribution in [0.1, 0.15) is 130 Å². The number of rotatable bonds is 19. The first kappa shape index (κ1) is 28.8. The molecule has 0 aromatic heterocycles. The molecule has 1 saturated heterocycles. The lowest BCUT2D eigenvalue weighted by Crippen LogP contribution is -2.46. The molecule has 1 aliphatic rings. The molecule has 1 fully saturated rings. The highest BCUT2D eigenvalue weighted by Crippen LogP contribution is 2.31. The molecule has 1 rings (SSSR count). The zero-order valence-corrected chi connectivity index (χ0v) is 20.7. The second-order valence-electron chi connectivity index (χ2n) is 10.1. The maximum atomic E-state index is 10.4. The summed E-state index contributed by atoms with van der Waals surface area (Å²) in [6.07, 6.45) is 18.4. The molecule has 31 heavy (non-hydrogen) atoms. The average Bonchev–Trinajstić information content (AvgIpc) is 2.71. The quantitative estimate of drug-likeness (QED) is 0.217. The molecule has 0 saturated carbocycles. The summed E-state index contributed by atoms with van der Waals surface area (Å²) < 4.78 is 11.9. The molecule has 3 N–H and O–H groups in total. The lowest BCUT2D eigenvalue weighted by atomic mass is 9.97. The van der Waals surface area contributed by atoms with E-state index in [1.807, 2.05) is 13.8 Å². The predicted molar refractivity (Wildman–Crippen MR) is 127 cm³/mol. The van der Waals surface area contributed by atoms with Gasteiger partial charge in [0.05, 0.1) is 31.0 Å². The summed E-state index contributed by atoms with van der Waals surface area (Å²) in [6.45, 7) is 5.80. The van der Waals surface area contributed by atoms with Gasteiger partial charge in [-0.2, -0.15) is 0 Å². The maximum Gasteiger partial charge on any atom is 0.163 e. The van der Waals surface area contributed by atoms with E-state index < -0.39 is 11.9 Å². The van der Waals surface area contributed by atoms with Crippen molar-refractivity contribution in [2.75, 3.05) is 6.61 Å². The van der Waals surface area contributed by atoms with Gasteiger partial charge in [-0.3, -0.25) is 0 Å². The van der Waals surface area contributed by atoms with Crippen LogP contribution >= 0.6 is 0 Å². The third-order valence-corrected chi connectivity index (χ3v) is 6.39.